The Balaban J connectivity index is 1.67. The first kappa shape index (κ1) is 27.2. The highest BCUT2D eigenvalue weighted by atomic mass is 35.5. The number of amides is 1. The van der Waals surface area contributed by atoms with Gasteiger partial charge in [0.05, 0.1) is 18.3 Å². The number of ether oxygens (including phenoxy) is 1. The van der Waals surface area contributed by atoms with Crippen LogP contribution in [0.1, 0.15) is 25.3 Å². The van der Waals surface area contributed by atoms with E-state index in [1.807, 2.05) is 32.3 Å². The molecule has 1 atom stereocenters. The monoisotopic (exact) mass is 519 g/mol. The number of esters is 1. The Bertz CT molecular complexity index is 979. The van der Waals surface area contributed by atoms with E-state index in [4.69, 9.17) is 21.3 Å². The summed E-state index contributed by atoms with van der Waals surface area (Å²) in [6, 6.07) is 12.0. The number of aromatic nitrogens is 2. The largest absolute Gasteiger partial charge is 0.466 e. The van der Waals surface area contributed by atoms with E-state index >= 15 is 0 Å². The average molecular weight is 520 g/mol. The second-order valence-corrected chi connectivity index (χ2v) is 10.1. The van der Waals surface area contributed by atoms with Gasteiger partial charge in [0.15, 0.2) is 5.16 Å². The van der Waals surface area contributed by atoms with Crippen LogP contribution in [0.4, 0.5) is 5.82 Å². The number of likely N-dealkylation sites (N-methyl/N-ethyl adjacent to an activating group) is 1. The number of piperidine rings is 1. The van der Waals surface area contributed by atoms with Crippen molar-refractivity contribution < 1.29 is 14.3 Å². The number of hydrogen-bond acceptors (Lipinski definition) is 8. The number of carbonyl (C=O) groups is 2. The van der Waals surface area contributed by atoms with Crippen LogP contribution < -0.4 is 4.90 Å². The topological polar surface area (TPSA) is 78.9 Å². The number of thioether (sulfide) groups is 1. The van der Waals surface area contributed by atoms with E-state index in [1.54, 1.807) is 17.9 Å². The number of likely N-dealkylation sites (tertiary alicyclic amines) is 1. The van der Waals surface area contributed by atoms with Crippen molar-refractivity contribution in [2.45, 2.75) is 31.5 Å². The van der Waals surface area contributed by atoms with E-state index < -0.39 is 0 Å². The van der Waals surface area contributed by atoms with Gasteiger partial charge in [0.2, 0.25) is 5.91 Å². The second-order valence-electron chi connectivity index (χ2n) is 8.76. The van der Waals surface area contributed by atoms with Crippen molar-refractivity contribution in [3.63, 3.8) is 0 Å². The molecular formula is C25H34ClN5O3S. The van der Waals surface area contributed by atoms with E-state index in [1.165, 1.54) is 17.3 Å². The van der Waals surface area contributed by atoms with Crippen LogP contribution in [0, 0.1) is 5.92 Å². The summed E-state index contributed by atoms with van der Waals surface area (Å²) in [6.45, 7) is 5.49. The summed E-state index contributed by atoms with van der Waals surface area (Å²) in [4.78, 5) is 40.1. The number of rotatable bonds is 11. The molecule has 1 aliphatic heterocycles. The van der Waals surface area contributed by atoms with Gasteiger partial charge < -0.3 is 19.4 Å². The lowest BCUT2D eigenvalue weighted by atomic mass is 9.98. The second kappa shape index (κ2) is 13.7. The molecule has 8 nitrogen and oxygen atoms in total. The van der Waals surface area contributed by atoms with Crippen molar-refractivity contribution in [3.05, 3.63) is 47.1 Å². The molecule has 2 aromatic rings. The van der Waals surface area contributed by atoms with Gasteiger partial charge in [-0.05, 0) is 39.4 Å². The zero-order valence-electron chi connectivity index (χ0n) is 20.7. The highest BCUT2D eigenvalue weighted by Crippen LogP contribution is 2.25. The third kappa shape index (κ3) is 8.66. The van der Waals surface area contributed by atoms with Gasteiger partial charge in [0, 0.05) is 38.8 Å². The van der Waals surface area contributed by atoms with Gasteiger partial charge in [-0.15, -0.1) is 0 Å². The van der Waals surface area contributed by atoms with E-state index in [0.717, 1.165) is 31.7 Å². The van der Waals surface area contributed by atoms with E-state index in [9.17, 15) is 9.59 Å². The minimum Gasteiger partial charge on any atom is -0.466 e. The van der Waals surface area contributed by atoms with E-state index in [-0.39, 0.29) is 23.5 Å². The summed E-state index contributed by atoms with van der Waals surface area (Å²) in [6.07, 6.45) is 1.54. The molecule has 0 spiro atoms. The van der Waals surface area contributed by atoms with Crippen molar-refractivity contribution >= 4 is 41.1 Å². The van der Waals surface area contributed by atoms with Crippen LogP contribution in [-0.2, 0) is 20.9 Å². The quantitative estimate of drug-likeness (QED) is 0.193. The van der Waals surface area contributed by atoms with Crippen molar-refractivity contribution in [3.8, 4) is 0 Å². The molecule has 1 aliphatic rings. The molecule has 0 N–H and O–H groups in total. The Morgan fingerprint density at radius 3 is 2.69 bits per heavy atom. The lowest BCUT2D eigenvalue weighted by Gasteiger charge is -2.31. The molecule has 1 unspecified atom stereocenters. The predicted octanol–water partition coefficient (Wildman–Crippen LogP) is 3.59. The van der Waals surface area contributed by atoms with Crippen LogP contribution in [0.2, 0.25) is 5.15 Å². The van der Waals surface area contributed by atoms with Gasteiger partial charge in [-0.25, -0.2) is 9.97 Å². The summed E-state index contributed by atoms with van der Waals surface area (Å²) in [5.74, 6) is 0.395. The zero-order valence-corrected chi connectivity index (χ0v) is 22.2. The molecule has 1 fully saturated rings. The first-order valence-electron chi connectivity index (χ1n) is 11.9. The number of halogens is 1. The van der Waals surface area contributed by atoms with Crippen LogP contribution in [0.3, 0.4) is 0 Å². The molecule has 35 heavy (non-hydrogen) atoms. The number of nitrogens with zero attached hydrogens (tertiary/aromatic N) is 5. The maximum atomic E-state index is 12.9. The number of anilines is 1. The fourth-order valence-corrected chi connectivity index (χ4v) is 4.87. The molecule has 190 valence electrons. The average Bonchev–Trinajstić information content (AvgIpc) is 2.85. The molecule has 1 saturated heterocycles. The normalized spacial score (nSPS) is 15.8. The fraction of sp³-hybridized carbons (Fsp3) is 0.520. The van der Waals surface area contributed by atoms with E-state index in [2.05, 4.69) is 26.9 Å². The third-order valence-electron chi connectivity index (χ3n) is 5.74. The van der Waals surface area contributed by atoms with Crippen molar-refractivity contribution in [1.82, 2.24) is 19.8 Å². The van der Waals surface area contributed by atoms with Crippen molar-refractivity contribution in [2.75, 3.05) is 57.5 Å². The molecule has 0 bridgehead atoms. The minimum absolute atomic E-state index is 0.0390. The van der Waals surface area contributed by atoms with Gasteiger partial charge in [-0.2, -0.15) is 0 Å². The maximum absolute atomic E-state index is 12.9. The molecule has 10 heteroatoms. The van der Waals surface area contributed by atoms with Gasteiger partial charge in [0.25, 0.3) is 0 Å². The van der Waals surface area contributed by atoms with Crippen LogP contribution in [0.25, 0.3) is 0 Å². The number of benzene rings is 1. The molecule has 3 rings (SSSR count). The fourth-order valence-electron chi connectivity index (χ4n) is 3.88. The SMILES string of the molecule is CCOC(=O)C1CCCN(C(=O)CSc2nc(Cl)cc(N(CCN(C)C)Cc3ccccc3)n2)C1. The first-order chi connectivity index (χ1) is 16.9. The molecule has 0 aliphatic carbocycles. The summed E-state index contributed by atoms with van der Waals surface area (Å²) >= 11 is 7.63. The Morgan fingerprint density at radius 1 is 1.20 bits per heavy atom. The van der Waals surface area contributed by atoms with Crippen molar-refractivity contribution in [1.29, 1.82) is 0 Å². The van der Waals surface area contributed by atoms with Crippen LogP contribution in [0.5, 0.6) is 0 Å². The van der Waals surface area contributed by atoms with Gasteiger partial charge in [-0.3, -0.25) is 9.59 Å². The Labute approximate surface area is 217 Å². The molecule has 0 radical (unpaired) electrons. The standard InChI is InChI=1S/C25H34ClN5O3S/c1-4-34-24(33)20-11-8-12-31(17-20)23(32)18-35-25-27-21(26)15-22(28-25)30(14-13-29(2)3)16-19-9-6-5-7-10-19/h5-7,9-10,15,20H,4,8,11-14,16-18H2,1-3H3. The molecule has 2 heterocycles. The minimum atomic E-state index is -0.255. The van der Waals surface area contributed by atoms with Crippen LogP contribution in [0.15, 0.2) is 41.6 Å². The summed E-state index contributed by atoms with van der Waals surface area (Å²) in [7, 11) is 4.07. The summed E-state index contributed by atoms with van der Waals surface area (Å²) < 4.78 is 5.14. The zero-order chi connectivity index (χ0) is 25.2. The Hall–Kier alpha value is -2.36. The maximum Gasteiger partial charge on any atom is 0.310 e. The van der Waals surface area contributed by atoms with Gasteiger partial charge >= 0.3 is 5.97 Å². The Kier molecular flexibility index (Phi) is 10.6. The van der Waals surface area contributed by atoms with E-state index in [0.29, 0.717) is 36.6 Å². The number of hydrogen-bond donors (Lipinski definition) is 0. The third-order valence-corrected chi connectivity index (χ3v) is 6.76. The summed E-state index contributed by atoms with van der Waals surface area (Å²) in [5.41, 5.74) is 1.17. The highest BCUT2D eigenvalue weighted by molar-refractivity contribution is 7.99. The predicted molar refractivity (Wildman–Crippen MR) is 140 cm³/mol. The Morgan fingerprint density at radius 2 is 1.97 bits per heavy atom. The molecular weight excluding hydrogens is 486 g/mol. The van der Waals surface area contributed by atoms with Crippen LogP contribution in [-0.4, -0.2) is 84.3 Å². The number of carbonyl (C=O) groups excluding carboxylic acids is 2. The lowest BCUT2D eigenvalue weighted by Crippen LogP contribution is -2.43. The molecule has 1 aromatic carbocycles. The molecule has 0 saturated carbocycles. The van der Waals surface area contributed by atoms with Gasteiger partial charge in [0.1, 0.15) is 11.0 Å². The first-order valence-corrected chi connectivity index (χ1v) is 13.3. The lowest BCUT2D eigenvalue weighted by molar-refractivity contribution is -0.151. The smallest absolute Gasteiger partial charge is 0.310 e. The summed E-state index contributed by atoms with van der Waals surface area (Å²) in [5, 5.41) is 0.802. The molecule has 1 amide bonds. The van der Waals surface area contributed by atoms with Crippen molar-refractivity contribution in [2.24, 2.45) is 5.92 Å². The van der Waals surface area contributed by atoms with Crippen LogP contribution >= 0.6 is 23.4 Å². The highest BCUT2D eigenvalue weighted by Gasteiger charge is 2.29. The van der Waals surface area contributed by atoms with Gasteiger partial charge in [-0.1, -0.05) is 53.7 Å². The molecule has 1 aromatic heterocycles.